The van der Waals surface area contributed by atoms with Gasteiger partial charge < -0.3 is 5.32 Å². The summed E-state index contributed by atoms with van der Waals surface area (Å²) in [6.07, 6.45) is 2.89. The quantitative estimate of drug-likeness (QED) is 0.856. The van der Waals surface area contributed by atoms with Crippen LogP contribution in [0.4, 0.5) is 4.39 Å². The lowest BCUT2D eigenvalue weighted by Gasteiger charge is -2.15. The van der Waals surface area contributed by atoms with E-state index in [9.17, 15) is 8.60 Å². The smallest absolute Gasteiger partial charge is 0.141 e. The van der Waals surface area contributed by atoms with Gasteiger partial charge in [0.15, 0.2) is 0 Å². The molecule has 90 valence electrons. The number of hydrogen-bond donors (Lipinski definition) is 1. The summed E-state index contributed by atoms with van der Waals surface area (Å²) in [6, 6.07) is 3.08. The number of nitrogens with one attached hydrogen (secondary N) is 1. The van der Waals surface area contributed by atoms with E-state index >= 15 is 0 Å². The van der Waals surface area contributed by atoms with E-state index in [2.05, 4.69) is 10.3 Å². The molecule has 0 bridgehead atoms. The van der Waals surface area contributed by atoms with Crippen molar-refractivity contribution in [3.8, 4) is 0 Å². The van der Waals surface area contributed by atoms with Crippen molar-refractivity contribution in [2.75, 3.05) is 12.8 Å². The predicted octanol–water partition coefficient (Wildman–Crippen LogP) is 1.64. The molecule has 3 atom stereocenters. The standard InChI is InChI=1S/C11H17FN2OS/c1-8(16(3)15)6-13-9(2)11-5-4-10(12)7-14-11/h4-5,7-9,13H,6H2,1-3H3. The first-order valence-electron chi connectivity index (χ1n) is 5.17. The van der Waals surface area contributed by atoms with Gasteiger partial charge in [-0.1, -0.05) is 0 Å². The number of rotatable bonds is 5. The molecular formula is C11H17FN2OS. The van der Waals surface area contributed by atoms with Crippen LogP contribution >= 0.6 is 0 Å². The van der Waals surface area contributed by atoms with Gasteiger partial charge >= 0.3 is 0 Å². The van der Waals surface area contributed by atoms with Gasteiger partial charge in [0.25, 0.3) is 0 Å². The Labute approximate surface area is 97.9 Å². The zero-order chi connectivity index (χ0) is 12.1. The van der Waals surface area contributed by atoms with Gasteiger partial charge in [-0.25, -0.2) is 4.39 Å². The second-order valence-electron chi connectivity index (χ2n) is 3.84. The lowest BCUT2D eigenvalue weighted by Crippen LogP contribution is -2.30. The maximum absolute atomic E-state index is 12.6. The summed E-state index contributed by atoms with van der Waals surface area (Å²) >= 11 is 0. The molecule has 0 aliphatic heterocycles. The Balaban J connectivity index is 2.49. The number of pyridine rings is 1. The molecule has 3 unspecified atom stereocenters. The SMILES string of the molecule is CC(NCC(C)S(C)=O)c1ccc(F)cn1. The fourth-order valence-electron chi connectivity index (χ4n) is 1.21. The highest BCUT2D eigenvalue weighted by Gasteiger charge is 2.10. The number of nitrogens with zero attached hydrogens (tertiary/aromatic N) is 1. The second kappa shape index (κ2) is 6.06. The lowest BCUT2D eigenvalue weighted by atomic mass is 10.2. The zero-order valence-corrected chi connectivity index (χ0v) is 10.6. The second-order valence-corrected chi connectivity index (χ2v) is 5.64. The van der Waals surface area contributed by atoms with Crippen LogP contribution in [0.3, 0.4) is 0 Å². The van der Waals surface area contributed by atoms with Crippen molar-refractivity contribution < 1.29 is 8.60 Å². The Morgan fingerprint density at radius 1 is 1.50 bits per heavy atom. The molecule has 1 rings (SSSR count). The van der Waals surface area contributed by atoms with Crippen LogP contribution in [0.5, 0.6) is 0 Å². The summed E-state index contributed by atoms with van der Waals surface area (Å²) in [4.78, 5) is 3.99. The predicted molar refractivity (Wildman–Crippen MR) is 64.1 cm³/mol. The van der Waals surface area contributed by atoms with Crippen LogP contribution in [0, 0.1) is 5.82 Å². The maximum atomic E-state index is 12.6. The van der Waals surface area contributed by atoms with Gasteiger partial charge in [0.2, 0.25) is 0 Å². The van der Waals surface area contributed by atoms with E-state index in [-0.39, 0.29) is 17.1 Å². The Morgan fingerprint density at radius 3 is 2.69 bits per heavy atom. The summed E-state index contributed by atoms with van der Waals surface area (Å²) in [7, 11) is -0.830. The third kappa shape index (κ3) is 3.98. The van der Waals surface area contributed by atoms with Crippen LogP contribution < -0.4 is 5.32 Å². The van der Waals surface area contributed by atoms with Crippen molar-refractivity contribution in [1.82, 2.24) is 10.3 Å². The molecule has 0 amide bonds. The molecule has 5 heteroatoms. The molecular weight excluding hydrogens is 227 g/mol. The summed E-state index contributed by atoms with van der Waals surface area (Å²) in [5.41, 5.74) is 0.787. The van der Waals surface area contributed by atoms with Crippen molar-refractivity contribution in [2.24, 2.45) is 0 Å². The largest absolute Gasteiger partial charge is 0.308 e. The van der Waals surface area contributed by atoms with Gasteiger partial charge in [-0.2, -0.15) is 0 Å². The van der Waals surface area contributed by atoms with E-state index in [4.69, 9.17) is 0 Å². The van der Waals surface area contributed by atoms with Crippen molar-refractivity contribution in [3.05, 3.63) is 29.8 Å². The third-order valence-electron chi connectivity index (χ3n) is 2.47. The highest BCUT2D eigenvalue weighted by Crippen LogP contribution is 2.09. The van der Waals surface area contributed by atoms with Crippen molar-refractivity contribution >= 4 is 10.8 Å². The average Bonchev–Trinajstić information content (AvgIpc) is 2.26. The van der Waals surface area contributed by atoms with Crippen LogP contribution in [0.15, 0.2) is 18.3 Å². The van der Waals surface area contributed by atoms with Gasteiger partial charge in [-0.3, -0.25) is 9.19 Å². The number of aromatic nitrogens is 1. The van der Waals surface area contributed by atoms with E-state index < -0.39 is 10.8 Å². The topological polar surface area (TPSA) is 42.0 Å². The summed E-state index contributed by atoms with van der Waals surface area (Å²) in [6.45, 7) is 4.53. The molecule has 16 heavy (non-hydrogen) atoms. The number of halogens is 1. The highest BCUT2D eigenvalue weighted by molar-refractivity contribution is 7.84. The normalized spacial score (nSPS) is 16.8. The molecule has 0 aliphatic carbocycles. The lowest BCUT2D eigenvalue weighted by molar-refractivity contribution is 0.551. The molecule has 0 saturated heterocycles. The molecule has 0 saturated carbocycles. The Bertz CT molecular complexity index is 356. The van der Waals surface area contributed by atoms with Crippen molar-refractivity contribution in [2.45, 2.75) is 25.1 Å². The fraction of sp³-hybridized carbons (Fsp3) is 0.545. The first-order valence-corrected chi connectivity index (χ1v) is 6.80. The first kappa shape index (κ1) is 13.3. The molecule has 0 spiro atoms. The van der Waals surface area contributed by atoms with Crippen LogP contribution in [-0.2, 0) is 10.8 Å². The first-order chi connectivity index (χ1) is 7.50. The third-order valence-corrected chi connectivity index (χ3v) is 3.77. The summed E-state index contributed by atoms with van der Waals surface area (Å²) < 4.78 is 23.8. The van der Waals surface area contributed by atoms with E-state index in [1.807, 2.05) is 13.8 Å². The highest BCUT2D eigenvalue weighted by atomic mass is 32.2. The fourth-order valence-corrected chi connectivity index (χ4v) is 1.54. The Morgan fingerprint density at radius 2 is 2.19 bits per heavy atom. The van der Waals surface area contributed by atoms with Crippen LogP contribution in [0.2, 0.25) is 0 Å². The van der Waals surface area contributed by atoms with E-state index in [0.29, 0.717) is 6.54 Å². The van der Waals surface area contributed by atoms with Gasteiger partial charge in [-0.05, 0) is 26.0 Å². The molecule has 3 nitrogen and oxygen atoms in total. The molecule has 0 fully saturated rings. The van der Waals surface area contributed by atoms with Crippen molar-refractivity contribution in [1.29, 1.82) is 0 Å². The molecule has 1 heterocycles. The average molecular weight is 244 g/mol. The van der Waals surface area contributed by atoms with E-state index in [1.54, 1.807) is 12.3 Å². The van der Waals surface area contributed by atoms with Gasteiger partial charge in [0.05, 0.1) is 11.9 Å². The molecule has 0 radical (unpaired) electrons. The van der Waals surface area contributed by atoms with E-state index in [1.165, 1.54) is 12.3 Å². The molecule has 1 aromatic rings. The minimum Gasteiger partial charge on any atom is -0.308 e. The minimum absolute atomic E-state index is 0.0339. The molecule has 1 aromatic heterocycles. The Hall–Kier alpha value is -0.810. The summed E-state index contributed by atoms with van der Waals surface area (Å²) in [5.74, 6) is -0.334. The summed E-state index contributed by atoms with van der Waals surface area (Å²) in [5, 5.41) is 3.32. The van der Waals surface area contributed by atoms with E-state index in [0.717, 1.165) is 5.69 Å². The number of hydrogen-bond acceptors (Lipinski definition) is 3. The Kier molecular flexibility index (Phi) is 5.02. The molecule has 1 N–H and O–H groups in total. The maximum Gasteiger partial charge on any atom is 0.141 e. The van der Waals surface area contributed by atoms with Crippen LogP contribution in [0.1, 0.15) is 25.6 Å². The zero-order valence-electron chi connectivity index (χ0n) is 9.74. The van der Waals surface area contributed by atoms with Gasteiger partial charge in [0, 0.05) is 34.9 Å². The molecule has 0 aromatic carbocycles. The van der Waals surface area contributed by atoms with Crippen molar-refractivity contribution in [3.63, 3.8) is 0 Å². The van der Waals surface area contributed by atoms with Gasteiger partial charge in [-0.15, -0.1) is 0 Å². The van der Waals surface area contributed by atoms with Crippen LogP contribution in [0.25, 0.3) is 0 Å². The van der Waals surface area contributed by atoms with Gasteiger partial charge in [0.1, 0.15) is 5.82 Å². The minimum atomic E-state index is -0.830. The monoisotopic (exact) mass is 244 g/mol. The molecule has 0 aliphatic rings. The van der Waals surface area contributed by atoms with Crippen LogP contribution in [-0.4, -0.2) is 27.2 Å².